The Balaban J connectivity index is 1.46. The SMILES string of the molecule is COc1ccc2c3c1O[C@H]1[C@@H](OC(=O)c4ccccc4)C=C[C@H]4[C@@H](C2)N(C)CC[C@@]341. The van der Waals surface area contributed by atoms with E-state index in [9.17, 15) is 4.79 Å². The highest BCUT2D eigenvalue weighted by molar-refractivity contribution is 5.89. The number of likely N-dealkylation sites (N-methyl/N-ethyl adjacent to an activating group) is 1. The van der Waals surface area contributed by atoms with Gasteiger partial charge in [0, 0.05) is 22.9 Å². The number of nitrogens with zero attached hydrogens (tertiary/aromatic N) is 1. The quantitative estimate of drug-likeness (QED) is 0.581. The summed E-state index contributed by atoms with van der Waals surface area (Å²) >= 11 is 0. The number of ether oxygens (including phenoxy) is 3. The zero-order valence-electron chi connectivity index (χ0n) is 17.2. The summed E-state index contributed by atoms with van der Waals surface area (Å²) in [6.07, 6.45) is 5.64. The van der Waals surface area contributed by atoms with Crippen LogP contribution in [0, 0.1) is 5.92 Å². The van der Waals surface area contributed by atoms with Gasteiger partial charge in [-0.1, -0.05) is 30.3 Å². The number of methoxy groups -OCH3 is 1. The Morgan fingerprint density at radius 3 is 2.80 bits per heavy atom. The molecule has 4 aliphatic rings. The zero-order valence-corrected chi connectivity index (χ0v) is 17.2. The van der Waals surface area contributed by atoms with E-state index in [0.29, 0.717) is 17.5 Å². The van der Waals surface area contributed by atoms with E-state index in [1.165, 1.54) is 11.1 Å². The highest BCUT2D eigenvalue weighted by atomic mass is 16.6. The second-order valence-corrected chi connectivity index (χ2v) is 8.86. The molecule has 5 heteroatoms. The van der Waals surface area contributed by atoms with Gasteiger partial charge in [0.1, 0.15) is 6.10 Å². The van der Waals surface area contributed by atoms with Gasteiger partial charge in [-0.15, -0.1) is 0 Å². The maximum atomic E-state index is 12.8. The van der Waals surface area contributed by atoms with Crippen LogP contribution in [0.1, 0.15) is 27.9 Å². The molecule has 2 aliphatic carbocycles. The van der Waals surface area contributed by atoms with Crippen LogP contribution in [0.4, 0.5) is 0 Å². The Hall–Kier alpha value is -2.79. The minimum atomic E-state index is -0.430. The van der Waals surface area contributed by atoms with Crippen molar-refractivity contribution in [1.82, 2.24) is 4.90 Å². The monoisotopic (exact) mass is 403 g/mol. The van der Waals surface area contributed by atoms with Crippen LogP contribution in [-0.4, -0.2) is 49.8 Å². The molecule has 2 bridgehead atoms. The molecule has 30 heavy (non-hydrogen) atoms. The van der Waals surface area contributed by atoms with Crippen LogP contribution in [0.25, 0.3) is 0 Å². The van der Waals surface area contributed by atoms with Crippen LogP contribution in [-0.2, 0) is 16.6 Å². The topological polar surface area (TPSA) is 48.0 Å². The summed E-state index contributed by atoms with van der Waals surface area (Å²) in [4.78, 5) is 15.3. The smallest absolute Gasteiger partial charge is 0.338 e. The lowest BCUT2D eigenvalue weighted by Crippen LogP contribution is -2.65. The number of rotatable bonds is 3. The first kappa shape index (κ1) is 18.0. The van der Waals surface area contributed by atoms with Crippen molar-refractivity contribution in [3.8, 4) is 11.5 Å². The minimum Gasteiger partial charge on any atom is -0.493 e. The lowest BCUT2D eigenvalue weighted by atomic mass is 9.53. The molecule has 6 rings (SSSR count). The second-order valence-electron chi connectivity index (χ2n) is 8.86. The van der Waals surface area contributed by atoms with E-state index in [1.54, 1.807) is 19.2 Å². The van der Waals surface area contributed by atoms with Crippen molar-refractivity contribution in [3.63, 3.8) is 0 Å². The molecule has 1 saturated heterocycles. The van der Waals surface area contributed by atoms with Crippen molar-refractivity contribution < 1.29 is 19.0 Å². The molecule has 2 aromatic carbocycles. The molecule has 0 N–H and O–H groups in total. The molecule has 0 amide bonds. The van der Waals surface area contributed by atoms with E-state index >= 15 is 0 Å². The van der Waals surface area contributed by atoms with Crippen LogP contribution in [0.5, 0.6) is 11.5 Å². The second kappa shape index (κ2) is 6.35. The van der Waals surface area contributed by atoms with E-state index in [1.807, 2.05) is 30.3 Å². The average molecular weight is 403 g/mol. The molecule has 0 radical (unpaired) electrons. The summed E-state index contributed by atoms with van der Waals surface area (Å²) < 4.78 is 18.3. The number of esters is 1. The standard InChI is InChI=1S/C25H25NO4/c1-26-13-12-25-17-9-11-20(29-24(27)15-6-4-3-5-7-15)23(25)30-22-19(28-2)10-8-16(21(22)25)14-18(17)26/h3-11,17-18,20,23H,12-14H2,1-2H3/t17-,18+,20-,23-,25-/m0/s1. The normalized spacial score (nSPS) is 32.9. The number of benzene rings is 2. The lowest BCUT2D eigenvalue weighted by Gasteiger charge is -2.56. The molecular weight excluding hydrogens is 378 g/mol. The minimum absolute atomic E-state index is 0.176. The van der Waals surface area contributed by atoms with Crippen molar-refractivity contribution in [1.29, 1.82) is 0 Å². The van der Waals surface area contributed by atoms with Gasteiger partial charge in [0.2, 0.25) is 0 Å². The molecule has 154 valence electrons. The summed E-state index contributed by atoms with van der Waals surface area (Å²) in [5, 5.41) is 0. The molecule has 5 atom stereocenters. The van der Waals surface area contributed by atoms with Crippen LogP contribution >= 0.6 is 0 Å². The number of carbonyl (C=O) groups excluding carboxylic acids is 1. The van der Waals surface area contributed by atoms with Crippen molar-refractivity contribution >= 4 is 5.97 Å². The first-order chi connectivity index (χ1) is 14.6. The highest BCUT2D eigenvalue weighted by Crippen LogP contribution is 2.62. The molecule has 2 heterocycles. The Morgan fingerprint density at radius 2 is 2.00 bits per heavy atom. The Labute approximate surface area is 176 Å². The Bertz CT molecular complexity index is 1050. The first-order valence-corrected chi connectivity index (χ1v) is 10.6. The third-order valence-electron chi connectivity index (χ3n) is 7.59. The van der Waals surface area contributed by atoms with Crippen LogP contribution in [0.3, 0.4) is 0 Å². The van der Waals surface area contributed by atoms with Crippen molar-refractivity contribution in [3.05, 3.63) is 71.3 Å². The molecular formula is C25H25NO4. The number of likely N-dealkylation sites (tertiary alicyclic amines) is 1. The highest BCUT2D eigenvalue weighted by Gasteiger charge is 2.65. The lowest BCUT2D eigenvalue weighted by molar-refractivity contribution is -0.0555. The molecule has 5 nitrogen and oxygen atoms in total. The summed E-state index contributed by atoms with van der Waals surface area (Å²) in [7, 11) is 3.90. The fourth-order valence-electron chi connectivity index (χ4n) is 6.24. The number of hydrogen-bond acceptors (Lipinski definition) is 5. The number of carbonyl (C=O) groups is 1. The van der Waals surface area contributed by atoms with Crippen molar-refractivity contribution in [2.75, 3.05) is 20.7 Å². The molecule has 0 saturated carbocycles. The molecule has 2 aliphatic heterocycles. The van der Waals surface area contributed by atoms with E-state index in [2.05, 4.69) is 24.1 Å². The van der Waals surface area contributed by atoms with Gasteiger partial charge in [-0.2, -0.15) is 0 Å². The van der Waals surface area contributed by atoms with Gasteiger partial charge >= 0.3 is 5.97 Å². The van der Waals surface area contributed by atoms with E-state index in [4.69, 9.17) is 14.2 Å². The van der Waals surface area contributed by atoms with E-state index in [-0.39, 0.29) is 17.5 Å². The van der Waals surface area contributed by atoms with Gasteiger partial charge in [-0.25, -0.2) is 4.79 Å². The van der Waals surface area contributed by atoms with Gasteiger partial charge in [0.05, 0.1) is 12.7 Å². The van der Waals surface area contributed by atoms with Crippen molar-refractivity contribution in [2.24, 2.45) is 5.92 Å². The molecule has 0 aromatic heterocycles. The van der Waals surface area contributed by atoms with Crippen LogP contribution in [0.15, 0.2) is 54.6 Å². The van der Waals surface area contributed by atoms with Gasteiger partial charge in [-0.3, -0.25) is 0 Å². The van der Waals surface area contributed by atoms with E-state index < -0.39 is 6.10 Å². The zero-order chi connectivity index (χ0) is 20.5. The average Bonchev–Trinajstić information content (AvgIpc) is 3.13. The predicted molar refractivity (Wildman–Crippen MR) is 112 cm³/mol. The fourth-order valence-corrected chi connectivity index (χ4v) is 6.24. The van der Waals surface area contributed by atoms with Gasteiger partial charge in [0.25, 0.3) is 0 Å². The molecule has 0 unspecified atom stereocenters. The predicted octanol–water partition coefficient (Wildman–Crippen LogP) is 3.37. The summed E-state index contributed by atoms with van der Waals surface area (Å²) in [5.41, 5.74) is 3.01. The maximum absolute atomic E-state index is 12.8. The first-order valence-electron chi connectivity index (χ1n) is 10.6. The Kier molecular flexibility index (Phi) is 3.81. The summed E-state index contributed by atoms with van der Waals surface area (Å²) in [6.45, 7) is 1.00. The van der Waals surface area contributed by atoms with Crippen LogP contribution < -0.4 is 9.47 Å². The molecule has 1 fully saturated rings. The summed E-state index contributed by atoms with van der Waals surface area (Å²) in [6, 6.07) is 13.8. The van der Waals surface area contributed by atoms with Gasteiger partial charge in [0.15, 0.2) is 17.6 Å². The van der Waals surface area contributed by atoms with E-state index in [0.717, 1.165) is 30.9 Å². The third-order valence-corrected chi connectivity index (χ3v) is 7.59. The largest absolute Gasteiger partial charge is 0.493 e. The molecule has 2 aromatic rings. The molecule has 1 spiro atoms. The third kappa shape index (κ3) is 2.24. The Morgan fingerprint density at radius 1 is 1.17 bits per heavy atom. The number of piperidine rings is 1. The van der Waals surface area contributed by atoms with Gasteiger partial charge < -0.3 is 19.1 Å². The van der Waals surface area contributed by atoms with Crippen LogP contribution in [0.2, 0.25) is 0 Å². The summed E-state index contributed by atoms with van der Waals surface area (Å²) in [5.74, 6) is 1.64. The maximum Gasteiger partial charge on any atom is 0.338 e. The number of hydrogen-bond donors (Lipinski definition) is 0. The fraction of sp³-hybridized carbons (Fsp3) is 0.400. The van der Waals surface area contributed by atoms with Gasteiger partial charge in [-0.05, 0) is 56.3 Å². The van der Waals surface area contributed by atoms with Crippen molar-refractivity contribution in [2.45, 2.75) is 36.5 Å².